The van der Waals surface area contributed by atoms with Crippen LogP contribution >= 0.6 is 11.6 Å². The van der Waals surface area contributed by atoms with Gasteiger partial charge in [-0.3, -0.25) is 4.79 Å². The van der Waals surface area contributed by atoms with Gasteiger partial charge in [0.2, 0.25) is 0 Å². The van der Waals surface area contributed by atoms with E-state index in [1.165, 1.54) is 13.5 Å². The van der Waals surface area contributed by atoms with Crippen molar-refractivity contribution in [3.05, 3.63) is 58.6 Å². The quantitative estimate of drug-likeness (QED) is 0.274. The molecule has 1 aliphatic rings. The van der Waals surface area contributed by atoms with Gasteiger partial charge in [-0.15, -0.1) is 0 Å². The van der Waals surface area contributed by atoms with E-state index >= 15 is 0 Å². The van der Waals surface area contributed by atoms with E-state index in [1.54, 1.807) is 48.5 Å². The van der Waals surface area contributed by atoms with Crippen LogP contribution in [0.4, 0.5) is 0 Å². The number of nitriles is 1. The number of benzene rings is 2. The molecule has 144 valence electrons. The van der Waals surface area contributed by atoms with Crippen LogP contribution in [0.2, 0.25) is 5.02 Å². The fraction of sp³-hybridized carbons (Fsp3) is 0.304. The van der Waals surface area contributed by atoms with E-state index in [0.29, 0.717) is 22.1 Å². The molecule has 0 saturated heterocycles. The molecule has 1 aliphatic carbocycles. The van der Waals surface area contributed by atoms with Crippen molar-refractivity contribution in [1.29, 1.82) is 5.26 Å². The summed E-state index contributed by atoms with van der Waals surface area (Å²) in [4.78, 5) is 12.4. The molecule has 0 aromatic heterocycles. The number of rotatable bonds is 5. The second-order valence-corrected chi connectivity index (χ2v) is 7.28. The first-order chi connectivity index (χ1) is 13.6. The highest BCUT2D eigenvalue weighted by Gasteiger charge is 2.24. The third-order valence-electron chi connectivity index (χ3n) is 4.92. The summed E-state index contributed by atoms with van der Waals surface area (Å²) < 4.78 is 11.0. The lowest BCUT2D eigenvalue weighted by Gasteiger charge is -2.20. The maximum Gasteiger partial charge on any atom is 0.314 e. The molecule has 0 heterocycles. The molecule has 4 nitrogen and oxygen atoms in total. The number of hydrogen-bond donors (Lipinski definition) is 0. The van der Waals surface area contributed by atoms with Crippen LogP contribution in [0.15, 0.2) is 42.5 Å². The SMILES string of the molecule is COc1cc(/C=C(/C#N)c2ccc(Cl)cc2)ccc1OC(=O)C1CCCCC1. The molecule has 2 aromatic rings. The average molecular weight is 396 g/mol. The zero-order valence-electron chi connectivity index (χ0n) is 15.8. The van der Waals surface area contributed by atoms with Gasteiger partial charge in [-0.1, -0.05) is 49.1 Å². The third kappa shape index (κ3) is 4.94. The number of hydrogen-bond acceptors (Lipinski definition) is 4. The number of carbonyl (C=O) groups is 1. The Morgan fingerprint density at radius 2 is 1.82 bits per heavy atom. The zero-order valence-corrected chi connectivity index (χ0v) is 16.5. The van der Waals surface area contributed by atoms with Crippen LogP contribution < -0.4 is 9.47 Å². The van der Waals surface area contributed by atoms with Gasteiger partial charge in [0.1, 0.15) is 0 Å². The summed E-state index contributed by atoms with van der Waals surface area (Å²) in [6, 6.07) is 14.6. The Labute approximate surface area is 170 Å². The van der Waals surface area contributed by atoms with Gasteiger partial charge in [0.25, 0.3) is 0 Å². The molecule has 0 N–H and O–H groups in total. The first kappa shape index (κ1) is 20.0. The summed E-state index contributed by atoms with van der Waals surface area (Å²) in [7, 11) is 1.53. The third-order valence-corrected chi connectivity index (χ3v) is 5.18. The van der Waals surface area contributed by atoms with Gasteiger partial charge < -0.3 is 9.47 Å². The van der Waals surface area contributed by atoms with Crippen LogP contribution in [0.5, 0.6) is 11.5 Å². The monoisotopic (exact) mass is 395 g/mol. The Kier molecular flexibility index (Phi) is 6.73. The lowest BCUT2D eigenvalue weighted by molar-refractivity contribution is -0.140. The first-order valence-corrected chi connectivity index (χ1v) is 9.76. The maximum atomic E-state index is 12.4. The Bertz CT molecular complexity index is 906. The molecule has 0 atom stereocenters. The fourth-order valence-corrected chi connectivity index (χ4v) is 3.49. The molecule has 0 unspecified atom stereocenters. The Hall–Kier alpha value is -2.77. The first-order valence-electron chi connectivity index (χ1n) is 9.38. The van der Waals surface area contributed by atoms with Gasteiger partial charge in [0.15, 0.2) is 11.5 Å². The summed E-state index contributed by atoms with van der Waals surface area (Å²) in [5, 5.41) is 10.1. The van der Waals surface area contributed by atoms with Crippen LogP contribution in [-0.2, 0) is 4.79 Å². The molecular weight excluding hydrogens is 374 g/mol. The summed E-state index contributed by atoms with van der Waals surface area (Å²) in [5.74, 6) is 0.639. The van der Waals surface area contributed by atoms with Gasteiger partial charge in [-0.05, 0) is 54.3 Å². The van der Waals surface area contributed by atoms with Crippen molar-refractivity contribution in [3.8, 4) is 17.6 Å². The van der Waals surface area contributed by atoms with Crippen molar-refractivity contribution in [2.24, 2.45) is 5.92 Å². The number of methoxy groups -OCH3 is 1. The molecule has 0 aliphatic heterocycles. The van der Waals surface area contributed by atoms with Crippen LogP contribution in [0.1, 0.15) is 43.2 Å². The molecule has 3 rings (SSSR count). The topological polar surface area (TPSA) is 59.3 Å². The molecule has 2 aromatic carbocycles. The highest BCUT2D eigenvalue weighted by Crippen LogP contribution is 2.32. The summed E-state index contributed by atoms with van der Waals surface area (Å²) in [6.07, 6.45) is 6.86. The molecule has 0 radical (unpaired) electrons. The predicted molar refractivity (Wildman–Crippen MR) is 110 cm³/mol. The molecule has 1 fully saturated rings. The van der Waals surface area contributed by atoms with E-state index in [2.05, 4.69) is 6.07 Å². The molecule has 28 heavy (non-hydrogen) atoms. The molecule has 0 bridgehead atoms. The summed E-state index contributed by atoms with van der Waals surface area (Å²) in [6.45, 7) is 0. The van der Waals surface area contributed by atoms with Crippen LogP contribution in [0.25, 0.3) is 11.6 Å². The second-order valence-electron chi connectivity index (χ2n) is 6.84. The molecule has 5 heteroatoms. The van der Waals surface area contributed by atoms with Gasteiger partial charge in [-0.25, -0.2) is 0 Å². The average Bonchev–Trinajstić information content (AvgIpc) is 2.74. The Morgan fingerprint density at radius 3 is 2.46 bits per heavy atom. The van der Waals surface area contributed by atoms with Crippen molar-refractivity contribution in [3.63, 3.8) is 0 Å². The van der Waals surface area contributed by atoms with Gasteiger partial charge in [0.05, 0.1) is 24.7 Å². The molecule has 0 amide bonds. The van der Waals surface area contributed by atoms with Gasteiger partial charge in [-0.2, -0.15) is 5.26 Å². The zero-order chi connectivity index (χ0) is 19.9. The number of esters is 1. The standard InChI is InChI=1S/C23H22ClNO3/c1-27-22-14-16(13-19(15-25)17-8-10-20(24)11-9-17)7-12-21(22)28-23(26)18-5-3-2-4-6-18/h7-14,18H,2-6H2,1H3/b19-13-. The fourth-order valence-electron chi connectivity index (χ4n) is 3.36. The Balaban J connectivity index is 1.81. The van der Waals surface area contributed by atoms with Crippen LogP contribution in [0, 0.1) is 17.2 Å². The normalized spacial score (nSPS) is 15.0. The van der Waals surface area contributed by atoms with Gasteiger partial charge in [0, 0.05) is 5.02 Å². The molecule has 1 saturated carbocycles. The van der Waals surface area contributed by atoms with Crippen molar-refractivity contribution in [2.75, 3.05) is 7.11 Å². The second kappa shape index (κ2) is 9.43. The minimum absolute atomic E-state index is 0.0341. The highest BCUT2D eigenvalue weighted by atomic mass is 35.5. The van der Waals surface area contributed by atoms with Crippen molar-refractivity contribution in [2.45, 2.75) is 32.1 Å². The van der Waals surface area contributed by atoms with E-state index in [9.17, 15) is 10.1 Å². The number of carbonyl (C=O) groups excluding carboxylic acids is 1. The largest absolute Gasteiger partial charge is 0.493 e. The number of ether oxygens (including phenoxy) is 2. The number of allylic oxidation sites excluding steroid dienone is 1. The maximum absolute atomic E-state index is 12.4. The Morgan fingerprint density at radius 1 is 1.11 bits per heavy atom. The minimum atomic E-state index is -0.194. The van der Waals surface area contributed by atoms with Crippen molar-refractivity contribution < 1.29 is 14.3 Å². The van der Waals surface area contributed by atoms with E-state index in [4.69, 9.17) is 21.1 Å². The van der Waals surface area contributed by atoms with Crippen molar-refractivity contribution >= 4 is 29.2 Å². The predicted octanol–water partition coefficient (Wildman–Crippen LogP) is 5.90. The lowest BCUT2D eigenvalue weighted by atomic mass is 9.89. The molecule has 0 spiro atoms. The smallest absolute Gasteiger partial charge is 0.314 e. The van der Waals surface area contributed by atoms with E-state index in [0.717, 1.165) is 36.8 Å². The number of nitrogens with zero attached hydrogens (tertiary/aromatic N) is 1. The highest BCUT2D eigenvalue weighted by molar-refractivity contribution is 6.30. The van der Waals surface area contributed by atoms with E-state index in [1.807, 2.05) is 0 Å². The minimum Gasteiger partial charge on any atom is -0.493 e. The summed E-state index contributed by atoms with van der Waals surface area (Å²) in [5.41, 5.74) is 2.06. The lowest BCUT2D eigenvalue weighted by Crippen LogP contribution is -2.22. The summed E-state index contributed by atoms with van der Waals surface area (Å²) >= 11 is 5.91. The van der Waals surface area contributed by atoms with Crippen LogP contribution in [-0.4, -0.2) is 13.1 Å². The van der Waals surface area contributed by atoms with Crippen LogP contribution in [0.3, 0.4) is 0 Å². The van der Waals surface area contributed by atoms with Gasteiger partial charge >= 0.3 is 5.97 Å². The molecular formula is C23H22ClNO3. The number of halogens is 1. The van der Waals surface area contributed by atoms with E-state index < -0.39 is 0 Å². The van der Waals surface area contributed by atoms with Crippen molar-refractivity contribution in [1.82, 2.24) is 0 Å². The van der Waals surface area contributed by atoms with E-state index in [-0.39, 0.29) is 11.9 Å².